The van der Waals surface area contributed by atoms with E-state index in [4.69, 9.17) is 4.74 Å². The van der Waals surface area contributed by atoms with E-state index in [9.17, 15) is 0 Å². The van der Waals surface area contributed by atoms with Gasteiger partial charge in [-0.05, 0) is 24.1 Å². The van der Waals surface area contributed by atoms with Crippen LogP contribution in [0.15, 0.2) is 53.8 Å². The van der Waals surface area contributed by atoms with Gasteiger partial charge >= 0.3 is 0 Å². The van der Waals surface area contributed by atoms with Crippen molar-refractivity contribution in [1.82, 2.24) is 20.0 Å². The first-order valence-corrected chi connectivity index (χ1v) is 8.26. The van der Waals surface area contributed by atoms with Crippen molar-refractivity contribution in [2.24, 2.45) is 10.9 Å². The van der Waals surface area contributed by atoms with Crippen LogP contribution in [-0.4, -0.2) is 54.4 Å². The highest BCUT2D eigenvalue weighted by Gasteiger charge is 2.09. The number of guanidine groups is 1. The van der Waals surface area contributed by atoms with E-state index in [0.29, 0.717) is 12.5 Å². The Hall–Kier alpha value is -1.77. The topological polar surface area (TPSA) is 54.7 Å². The normalized spacial score (nSPS) is 12.2. The third-order valence-electron chi connectivity index (χ3n) is 3.68. The van der Waals surface area contributed by atoms with Gasteiger partial charge in [-0.25, -0.2) is 0 Å². The van der Waals surface area contributed by atoms with Gasteiger partial charge in [0.2, 0.25) is 0 Å². The van der Waals surface area contributed by atoms with Crippen LogP contribution in [0.1, 0.15) is 6.92 Å². The van der Waals surface area contributed by atoms with Gasteiger partial charge in [0.05, 0.1) is 6.54 Å². The van der Waals surface area contributed by atoms with E-state index >= 15 is 0 Å². The van der Waals surface area contributed by atoms with Crippen LogP contribution in [0, 0.1) is 5.92 Å². The van der Waals surface area contributed by atoms with Crippen molar-refractivity contribution in [3.05, 3.63) is 48.8 Å². The van der Waals surface area contributed by atoms with Crippen LogP contribution in [0.25, 0.3) is 0 Å². The first-order valence-electron chi connectivity index (χ1n) is 8.26. The first kappa shape index (κ1) is 21.3. The zero-order valence-corrected chi connectivity index (χ0v) is 17.5. The summed E-state index contributed by atoms with van der Waals surface area (Å²) in [5, 5.41) is 7.65. The molecule has 2 aromatic rings. The molecule has 0 spiro atoms. The van der Waals surface area contributed by atoms with Crippen LogP contribution in [0.2, 0.25) is 0 Å². The summed E-state index contributed by atoms with van der Waals surface area (Å²) in [6.07, 6.45) is 3.79. The highest BCUT2D eigenvalue weighted by molar-refractivity contribution is 14.0. The lowest BCUT2D eigenvalue weighted by Crippen LogP contribution is -2.42. The molecule has 0 fully saturated rings. The maximum Gasteiger partial charge on any atom is 0.193 e. The zero-order valence-electron chi connectivity index (χ0n) is 15.1. The standard InChI is InChI=1S/C18H27N5O.HI/c1-16(15-23-11-7-10-21-23)14-20-18(19-2)22(3)12-13-24-17-8-5-4-6-9-17;/h4-11,16H,12-15H2,1-3H3,(H,19,20);1H. The summed E-state index contributed by atoms with van der Waals surface area (Å²) >= 11 is 0. The molecule has 138 valence electrons. The fourth-order valence-electron chi connectivity index (χ4n) is 2.37. The van der Waals surface area contributed by atoms with E-state index in [1.54, 1.807) is 13.2 Å². The van der Waals surface area contributed by atoms with E-state index in [-0.39, 0.29) is 24.0 Å². The number of likely N-dealkylation sites (N-methyl/N-ethyl adjacent to an activating group) is 1. The number of para-hydroxylation sites is 1. The summed E-state index contributed by atoms with van der Waals surface area (Å²) in [6.45, 7) is 5.31. The van der Waals surface area contributed by atoms with E-state index in [1.807, 2.05) is 54.3 Å². The van der Waals surface area contributed by atoms with Gasteiger partial charge < -0.3 is 15.0 Å². The number of aromatic nitrogens is 2. The quantitative estimate of drug-likeness (QED) is 0.377. The van der Waals surface area contributed by atoms with Gasteiger partial charge in [-0.15, -0.1) is 24.0 Å². The molecule has 2 rings (SSSR count). The summed E-state index contributed by atoms with van der Waals surface area (Å²) in [6, 6.07) is 11.8. The molecular formula is C18H28IN5O. The van der Waals surface area contributed by atoms with Crippen molar-refractivity contribution in [3.8, 4) is 5.75 Å². The molecule has 1 aromatic heterocycles. The Bertz CT molecular complexity index is 603. The summed E-state index contributed by atoms with van der Waals surface area (Å²) in [5.41, 5.74) is 0. The summed E-state index contributed by atoms with van der Waals surface area (Å²) in [5.74, 6) is 2.22. The molecule has 0 saturated heterocycles. The second-order valence-corrected chi connectivity index (χ2v) is 5.84. The largest absolute Gasteiger partial charge is 0.492 e. The Balaban J connectivity index is 0.00000312. The molecule has 0 aliphatic heterocycles. The fraction of sp³-hybridized carbons (Fsp3) is 0.444. The predicted octanol–water partition coefficient (Wildman–Crippen LogP) is 2.72. The highest BCUT2D eigenvalue weighted by atomic mass is 127. The number of hydrogen-bond acceptors (Lipinski definition) is 3. The van der Waals surface area contributed by atoms with E-state index < -0.39 is 0 Å². The lowest BCUT2D eigenvalue weighted by atomic mass is 10.2. The van der Waals surface area contributed by atoms with Gasteiger partial charge in [0.25, 0.3) is 0 Å². The molecule has 1 atom stereocenters. The molecule has 0 saturated carbocycles. The van der Waals surface area contributed by atoms with E-state index in [0.717, 1.165) is 31.3 Å². The van der Waals surface area contributed by atoms with Gasteiger partial charge in [-0.2, -0.15) is 5.10 Å². The maximum absolute atomic E-state index is 5.73. The van der Waals surface area contributed by atoms with E-state index in [2.05, 4.69) is 27.2 Å². The van der Waals surface area contributed by atoms with Crippen LogP contribution in [0.3, 0.4) is 0 Å². The molecule has 1 unspecified atom stereocenters. The second-order valence-electron chi connectivity index (χ2n) is 5.84. The number of rotatable bonds is 8. The van der Waals surface area contributed by atoms with Gasteiger partial charge in [-0.3, -0.25) is 9.67 Å². The molecular weight excluding hydrogens is 429 g/mol. The van der Waals surface area contributed by atoms with Crippen molar-refractivity contribution >= 4 is 29.9 Å². The SMILES string of the molecule is CN=C(NCC(C)Cn1cccn1)N(C)CCOc1ccccc1.I. The number of benzene rings is 1. The number of halogens is 1. The van der Waals surface area contributed by atoms with Crippen LogP contribution in [0.5, 0.6) is 5.75 Å². The zero-order chi connectivity index (χ0) is 17.2. The molecule has 1 heterocycles. The minimum atomic E-state index is 0. The molecule has 0 bridgehead atoms. The van der Waals surface area contributed by atoms with Crippen LogP contribution < -0.4 is 10.1 Å². The van der Waals surface area contributed by atoms with Crippen molar-refractivity contribution in [2.75, 3.05) is 33.8 Å². The summed E-state index contributed by atoms with van der Waals surface area (Å²) < 4.78 is 7.68. The molecule has 0 radical (unpaired) electrons. The molecule has 0 aliphatic rings. The van der Waals surface area contributed by atoms with Gasteiger partial charge in [0.1, 0.15) is 12.4 Å². The lowest BCUT2D eigenvalue weighted by Gasteiger charge is -2.23. The Morgan fingerprint density at radius 3 is 2.72 bits per heavy atom. The smallest absolute Gasteiger partial charge is 0.193 e. The molecule has 0 amide bonds. The van der Waals surface area contributed by atoms with Crippen molar-refractivity contribution in [3.63, 3.8) is 0 Å². The Labute approximate surface area is 167 Å². The monoisotopic (exact) mass is 457 g/mol. The average Bonchev–Trinajstić information content (AvgIpc) is 3.09. The Morgan fingerprint density at radius 2 is 2.08 bits per heavy atom. The molecule has 7 heteroatoms. The van der Waals surface area contributed by atoms with E-state index in [1.165, 1.54) is 0 Å². The number of aliphatic imine (C=N–C) groups is 1. The lowest BCUT2D eigenvalue weighted by molar-refractivity contribution is 0.280. The average molecular weight is 457 g/mol. The fourth-order valence-corrected chi connectivity index (χ4v) is 2.37. The van der Waals surface area contributed by atoms with Crippen molar-refractivity contribution in [2.45, 2.75) is 13.5 Å². The molecule has 1 N–H and O–H groups in total. The summed E-state index contributed by atoms with van der Waals surface area (Å²) in [4.78, 5) is 6.41. The maximum atomic E-state index is 5.73. The Kier molecular flexibility index (Phi) is 9.98. The van der Waals surface area contributed by atoms with Crippen LogP contribution >= 0.6 is 24.0 Å². The minimum absolute atomic E-state index is 0. The van der Waals surface area contributed by atoms with Gasteiger partial charge in [0.15, 0.2) is 5.96 Å². The summed E-state index contributed by atoms with van der Waals surface area (Å²) in [7, 11) is 3.82. The van der Waals surface area contributed by atoms with Crippen molar-refractivity contribution < 1.29 is 4.74 Å². The third-order valence-corrected chi connectivity index (χ3v) is 3.68. The predicted molar refractivity (Wildman–Crippen MR) is 113 cm³/mol. The minimum Gasteiger partial charge on any atom is -0.492 e. The molecule has 0 aliphatic carbocycles. The second kappa shape index (κ2) is 11.7. The first-order chi connectivity index (χ1) is 11.7. The number of nitrogens with zero attached hydrogens (tertiary/aromatic N) is 4. The van der Waals surface area contributed by atoms with Gasteiger partial charge in [-0.1, -0.05) is 25.1 Å². The number of ether oxygens (including phenoxy) is 1. The Morgan fingerprint density at radius 1 is 1.32 bits per heavy atom. The number of hydrogen-bond donors (Lipinski definition) is 1. The van der Waals surface area contributed by atoms with Crippen LogP contribution in [0.4, 0.5) is 0 Å². The van der Waals surface area contributed by atoms with Gasteiger partial charge in [0, 0.05) is 39.6 Å². The number of nitrogens with one attached hydrogen (secondary N) is 1. The van der Waals surface area contributed by atoms with Crippen LogP contribution in [-0.2, 0) is 6.54 Å². The molecule has 25 heavy (non-hydrogen) atoms. The molecule has 1 aromatic carbocycles. The highest BCUT2D eigenvalue weighted by Crippen LogP contribution is 2.07. The third kappa shape index (κ3) is 7.76. The molecule has 6 nitrogen and oxygen atoms in total. The van der Waals surface area contributed by atoms with Crippen molar-refractivity contribution in [1.29, 1.82) is 0 Å².